The molecular formula is C3H5MgO5P. The Labute approximate surface area is 74.2 Å². The van der Waals surface area contributed by atoms with Crippen molar-refractivity contribution in [3.63, 3.8) is 0 Å². The zero-order valence-corrected chi connectivity index (χ0v) is 7.71. The van der Waals surface area contributed by atoms with Gasteiger partial charge >= 0.3 is 29.0 Å². The normalized spacial score (nSPS) is 9.90. The molecule has 0 aromatic carbocycles. The van der Waals surface area contributed by atoms with Gasteiger partial charge in [-0.1, -0.05) is 6.92 Å². The van der Waals surface area contributed by atoms with Crippen molar-refractivity contribution < 1.29 is 23.7 Å². The maximum absolute atomic E-state index is 10.0. The van der Waals surface area contributed by atoms with Crippen LogP contribution in [-0.2, 0) is 13.9 Å². The van der Waals surface area contributed by atoms with Gasteiger partial charge in [-0.2, -0.15) is 0 Å². The van der Waals surface area contributed by atoms with Crippen LogP contribution in [0.3, 0.4) is 0 Å². The van der Waals surface area contributed by atoms with Crippen LogP contribution in [-0.4, -0.2) is 29.0 Å². The minimum Gasteiger partial charge on any atom is -0.780 e. The fraction of sp³-hybridized carbons (Fsp3) is 0.667. The average molecular weight is 176 g/mol. The molecule has 5 nitrogen and oxygen atoms in total. The van der Waals surface area contributed by atoms with E-state index in [-0.39, 0.29) is 29.5 Å². The SMILES string of the molecule is CCC(=O)OP(=O)([O-])[O-].[Mg+2]. The molecule has 0 N–H and O–H groups in total. The van der Waals surface area contributed by atoms with E-state index in [1.54, 1.807) is 0 Å². The zero-order valence-electron chi connectivity index (χ0n) is 5.40. The Morgan fingerprint density at radius 1 is 1.60 bits per heavy atom. The van der Waals surface area contributed by atoms with Gasteiger partial charge in [-0.25, -0.2) is 0 Å². The van der Waals surface area contributed by atoms with Crippen LogP contribution in [0.5, 0.6) is 0 Å². The van der Waals surface area contributed by atoms with E-state index >= 15 is 0 Å². The second kappa shape index (κ2) is 5.09. The maximum atomic E-state index is 10.0. The van der Waals surface area contributed by atoms with Crippen molar-refractivity contribution in [3.8, 4) is 0 Å². The van der Waals surface area contributed by atoms with Crippen LogP contribution >= 0.6 is 7.82 Å². The molecule has 0 unspecified atom stereocenters. The molecule has 0 aliphatic carbocycles. The summed E-state index contributed by atoms with van der Waals surface area (Å²) < 4.78 is 13.0. The summed E-state index contributed by atoms with van der Waals surface area (Å²) in [5.74, 6) is -1.02. The first-order valence-corrected chi connectivity index (χ1v) is 3.66. The van der Waals surface area contributed by atoms with E-state index in [1.807, 2.05) is 0 Å². The van der Waals surface area contributed by atoms with E-state index in [0.717, 1.165) is 0 Å². The van der Waals surface area contributed by atoms with Crippen LogP contribution in [0.25, 0.3) is 0 Å². The van der Waals surface area contributed by atoms with Gasteiger partial charge in [0.2, 0.25) is 0 Å². The topological polar surface area (TPSA) is 89.5 Å². The molecule has 0 saturated carbocycles. The van der Waals surface area contributed by atoms with E-state index in [2.05, 4.69) is 4.52 Å². The molecule has 0 aromatic heterocycles. The summed E-state index contributed by atoms with van der Waals surface area (Å²) in [7, 11) is -5.09. The Morgan fingerprint density at radius 3 is 2.10 bits per heavy atom. The monoisotopic (exact) mass is 176 g/mol. The molecule has 0 aromatic rings. The van der Waals surface area contributed by atoms with Crippen molar-refractivity contribution in [1.82, 2.24) is 0 Å². The van der Waals surface area contributed by atoms with Gasteiger partial charge in [0.25, 0.3) is 0 Å². The first-order chi connectivity index (χ1) is 3.95. The summed E-state index contributed by atoms with van der Waals surface area (Å²) in [5.41, 5.74) is 0. The minimum absolute atomic E-state index is 0. The van der Waals surface area contributed by atoms with Crippen LogP contribution in [0.1, 0.15) is 13.3 Å². The number of phosphoric ester groups is 1. The second-order valence-electron chi connectivity index (χ2n) is 1.26. The van der Waals surface area contributed by atoms with E-state index in [4.69, 9.17) is 0 Å². The molecule has 0 radical (unpaired) electrons. The molecule has 0 amide bonds. The molecule has 0 aliphatic rings. The number of phosphoric acid groups is 1. The molecule has 0 saturated heterocycles. The van der Waals surface area contributed by atoms with Crippen molar-refractivity contribution in [2.75, 3.05) is 0 Å². The van der Waals surface area contributed by atoms with Crippen molar-refractivity contribution in [3.05, 3.63) is 0 Å². The molecule has 54 valence electrons. The number of rotatable bonds is 2. The summed E-state index contributed by atoms with van der Waals surface area (Å²) in [6.07, 6.45) is -0.117. The Balaban J connectivity index is 0. The first-order valence-electron chi connectivity index (χ1n) is 2.20. The molecule has 10 heavy (non-hydrogen) atoms. The van der Waals surface area contributed by atoms with Crippen LogP contribution < -0.4 is 9.79 Å². The Kier molecular flexibility index (Phi) is 6.62. The molecule has 0 heterocycles. The molecule has 0 atom stereocenters. The van der Waals surface area contributed by atoms with Gasteiger partial charge < -0.3 is 18.9 Å². The van der Waals surface area contributed by atoms with Gasteiger partial charge in [0.15, 0.2) is 0 Å². The van der Waals surface area contributed by atoms with Crippen molar-refractivity contribution in [2.24, 2.45) is 0 Å². The third kappa shape index (κ3) is 8.39. The average Bonchev–Trinajstić information content (AvgIpc) is 1.62. The molecular weight excluding hydrogens is 171 g/mol. The standard InChI is InChI=1S/C3H7O5P.Mg/c1-2-3(4)8-9(5,6)7;/h2H2,1H3,(H2,5,6,7);/q;+2/p-2. The molecule has 0 rings (SSSR count). The zero-order chi connectivity index (χ0) is 7.49. The third-order valence-electron chi connectivity index (χ3n) is 0.502. The van der Waals surface area contributed by atoms with Gasteiger partial charge in [-0.3, -0.25) is 4.79 Å². The van der Waals surface area contributed by atoms with E-state index in [1.165, 1.54) is 6.92 Å². The Morgan fingerprint density at radius 2 is 2.00 bits per heavy atom. The predicted molar refractivity (Wildman–Crippen MR) is 29.7 cm³/mol. The summed E-state index contributed by atoms with van der Waals surface area (Å²) in [6, 6.07) is 0. The van der Waals surface area contributed by atoms with Crippen molar-refractivity contribution >= 4 is 36.8 Å². The van der Waals surface area contributed by atoms with Crippen LogP contribution in [0, 0.1) is 0 Å². The Hall–Kier alpha value is 0.386. The predicted octanol–water partition coefficient (Wildman–Crippen LogP) is -1.61. The first kappa shape index (κ1) is 13.0. The fourth-order valence-corrected chi connectivity index (χ4v) is 0.568. The smallest absolute Gasteiger partial charge is 0.780 e. The molecule has 7 heteroatoms. The maximum Gasteiger partial charge on any atom is 2.00 e. The second-order valence-corrected chi connectivity index (χ2v) is 2.34. The molecule has 0 fully saturated rings. The molecule has 0 aliphatic heterocycles. The van der Waals surface area contributed by atoms with Gasteiger partial charge in [0, 0.05) is 6.42 Å². The van der Waals surface area contributed by atoms with Crippen LogP contribution in [0.4, 0.5) is 0 Å². The van der Waals surface area contributed by atoms with E-state index < -0.39 is 13.8 Å². The largest absolute Gasteiger partial charge is 2.00 e. The minimum atomic E-state index is -5.09. The number of hydrogen-bond donors (Lipinski definition) is 0. The summed E-state index contributed by atoms with van der Waals surface area (Å²) in [6.45, 7) is 1.39. The quantitative estimate of drug-likeness (QED) is 0.373. The summed E-state index contributed by atoms with van der Waals surface area (Å²) in [5, 5.41) is 0. The third-order valence-corrected chi connectivity index (χ3v) is 0.930. The Bertz CT molecular complexity index is 151. The van der Waals surface area contributed by atoms with E-state index in [9.17, 15) is 19.1 Å². The number of carbonyl (C=O) groups excluding carboxylic acids is 1. The number of carbonyl (C=O) groups is 1. The van der Waals surface area contributed by atoms with Crippen molar-refractivity contribution in [2.45, 2.75) is 13.3 Å². The van der Waals surface area contributed by atoms with Gasteiger partial charge in [0.1, 0.15) is 7.82 Å². The van der Waals surface area contributed by atoms with Crippen molar-refractivity contribution in [1.29, 1.82) is 0 Å². The van der Waals surface area contributed by atoms with Crippen LogP contribution in [0.2, 0.25) is 0 Å². The van der Waals surface area contributed by atoms with E-state index in [0.29, 0.717) is 0 Å². The molecule has 0 spiro atoms. The summed E-state index contributed by atoms with van der Waals surface area (Å²) >= 11 is 0. The number of hydrogen-bond acceptors (Lipinski definition) is 5. The van der Waals surface area contributed by atoms with Gasteiger partial charge in [-0.05, 0) is 0 Å². The van der Waals surface area contributed by atoms with Gasteiger partial charge in [-0.15, -0.1) is 0 Å². The van der Waals surface area contributed by atoms with Gasteiger partial charge in [0.05, 0.1) is 0 Å². The fourth-order valence-electron chi connectivity index (χ4n) is 0.189. The van der Waals surface area contributed by atoms with Crippen LogP contribution in [0.15, 0.2) is 0 Å². The summed E-state index contributed by atoms with van der Waals surface area (Å²) in [4.78, 5) is 29.3. The molecule has 0 bridgehead atoms.